The lowest BCUT2D eigenvalue weighted by Gasteiger charge is -2.12. The summed E-state index contributed by atoms with van der Waals surface area (Å²) in [7, 11) is 3.34. The van der Waals surface area contributed by atoms with Gasteiger partial charge in [0.15, 0.2) is 5.96 Å². The summed E-state index contributed by atoms with van der Waals surface area (Å²) in [6, 6.07) is 7.63. The number of hydrogen-bond donors (Lipinski definition) is 3. The van der Waals surface area contributed by atoms with Crippen LogP contribution in [0, 0.1) is 0 Å². The lowest BCUT2D eigenvalue weighted by atomic mass is 10.2. The van der Waals surface area contributed by atoms with Crippen molar-refractivity contribution in [2.24, 2.45) is 4.99 Å². The molecule has 0 saturated heterocycles. The van der Waals surface area contributed by atoms with Crippen LogP contribution in [-0.4, -0.2) is 39.1 Å². The van der Waals surface area contributed by atoms with E-state index in [1.165, 1.54) is 19.3 Å². The number of unbranched alkanes of at least 4 members (excludes halogenated alkanes) is 3. The van der Waals surface area contributed by atoms with Crippen LogP contribution in [0.2, 0.25) is 0 Å². The highest BCUT2D eigenvalue weighted by Gasteiger charge is 2.03. The van der Waals surface area contributed by atoms with Gasteiger partial charge in [0.05, 0.1) is 13.7 Å². The number of methoxy groups -OCH3 is 1. The molecule has 0 aromatic heterocycles. The monoisotopic (exact) mass is 334 g/mol. The van der Waals surface area contributed by atoms with Gasteiger partial charge in [-0.3, -0.25) is 9.79 Å². The molecule has 1 amide bonds. The van der Waals surface area contributed by atoms with Gasteiger partial charge in [-0.1, -0.05) is 38.3 Å². The standard InChI is InChI=1S/C18H30N4O2/c1-4-5-6-7-12-20-18(19-2)22-14-17(23)21-13-15-8-10-16(24-3)11-9-15/h8-11H,4-7,12-14H2,1-3H3,(H,21,23)(H2,19,20,22). The first-order chi connectivity index (χ1) is 11.7. The van der Waals surface area contributed by atoms with Crippen molar-refractivity contribution in [3.05, 3.63) is 29.8 Å². The second-order valence-electron chi connectivity index (χ2n) is 5.54. The Hall–Kier alpha value is -2.24. The summed E-state index contributed by atoms with van der Waals surface area (Å²) >= 11 is 0. The van der Waals surface area contributed by atoms with E-state index in [-0.39, 0.29) is 12.5 Å². The molecular weight excluding hydrogens is 304 g/mol. The number of carbonyl (C=O) groups excluding carboxylic acids is 1. The smallest absolute Gasteiger partial charge is 0.239 e. The van der Waals surface area contributed by atoms with E-state index in [0.717, 1.165) is 24.3 Å². The fourth-order valence-corrected chi connectivity index (χ4v) is 2.15. The predicted molar refractivity (Wildman–Crippen MR) is 98.3 cm³/mol. The first-order valence-corrected chi connectivity index (χ1v) is 8.53. The second kappa shape index (κ2) is 12.2. The van der Waals surface area contributed by atoms with Crippen molar-refractivity contribution in [2.75, 3.05) is 27.2 Å². The van der Waals surface area contributed by atoms with Crippen molar-refractivity contribution < 1.29 is 9.53 Å². The van der Waals surface area contributed by atoms with Gasteiger partial charge in [-0.25, -0.2) is 0 Å². The Morgan fingerprint density at radius 2 is 1.83 bits per heavy atom. The molecule has 0 heterocycles. The lowest BCUT2D eigenvalue weighted by molar-refractivity contribution is -0.120. The van der Waals surface area contributed by atoms with Crippen molar-refractivity contribution >= 4 is 11.9 Å². The third-order valence-electron chi connectivity index (χ3n) is 3.61. The number of amides is 1. The molecule has 0 aliphatic carbocycles. The maximum Gasteiger partial charge on any atom is 0.239 e. The zero-order valence-electron chi connectivity index (χ0n) is 15.0. The first kappa shape index (κ1) is 19.8. The molecular formula is C18H30N4O2. The molecule has 134 valence electrons. The van der Waals surface area contributed by atoms with Crippen LogP contribution in [0.15, 0.2) is 29.3 Å². The van der Waals surface area contributed by atoms with Gasteiger partial charge < -0.3 is 20.7 Å². The van der Waals surface area contributed by atoms with Gasteiger partial charge in [-0.15, -0.1) is 0 Å². The summed E-state index contributed by atoms with van der Waals surface area (Å²) in [5.74, 6) is 1.39. The summed E-state index contributed by atoms with van der Waals surface area (Å²) in [6.07, 6.45) is 4.80. The van der Waals surface area contributed by atoms with Crippen LogP contribution in [0.4, 0.5) is 0 Å². The van der Waals surface area contributed by atoms with E-state index in [1.807, 2.05) is 24.3 Å². The van der Waals surface area contributed by atoms with Gasteiger partial charge >= 0.3 is 0 Å². The molecule has 6 nitrogen and oxygen atoms in total. The van der Waals surface area contributed by atoms with Crippen LogP contribution in [0.5, 0.6) is 5.75 Å². The maximum absolute atomic E-state index is 11.9. The minimum atomic E-state index is -0.0697. The number of aliphatic imine (C=N–C) groups is 1. The summed E-state index contributed by atoms with van der Waals surface area (Å²) < 4.78 is 5.11. The largest absolute Gasteiger partial charge is 0.497 e. The second-order valence-corrected chi connectivity index (χ2v) is 5.54. The van der Waals surface area contributed by atoms with E-state index in [4.69, 9.17) is 4.74 Å². The van der Waals surface area contributed by atoms with Gasteiger partial charge in [0.25, 0.3) is 0 Å². The molecule has 0 spiro atoms. The molecule has 1 aromatic rings. The number of guanidine groups is 1. The zero-order chi connectivity index (χ0) is 17.6. The maximum atomic E-state index is 11.9. The molecule has 0 atom stereocenters. The quantitative estimate of drug-likeness (QED) is 0.348. The number of rotatable bonds is 10. The highest BCUT2D eigenvalue weighted by atomic mass is 16.5. The first-order valence-electron chi connectivity index (χ1n) is 8.53. The third kappa shape index (κ3) is 8.41. The van der Waals surface area contributed by atoms with E-state index < -0.39 is 0 Å². The number of benzene rings is 1. The van der Waals surface area contributed by atoms with Crippen LogP contribution in [-0.2, 0) is 11.3 Å². The highest BCUT2D eigenvalue weighted by molar-refractivity contribution is 5.86. The van der Waals surface area contributed by atoms with Gasteiger partial charge in [-0.05, 0) is 24.1 Å². The van der Waals surface area contributed by atoms with E-state index in [9.17, 15) is 4.79 Å². The normalized spacial score (nSPS) is 11.0. The Balaban J connectivity index is 2.21. The summed E-state index contributed by atoms with van der Waals surface area (Å²) in [6.45, 7) is 3.75. The van der Waals surface area contributed by atoms with Crippen molar-refractivity contribution in [2.45, 2.75) is 39.2 Å². The van der Waals surface area contributed by atoms with E-state index >= 15 is 0 Å². The van der Waals surface area contributed by atoms with Gasteiger partial charge in [0, 0.05) is 20.1 Å². The number of ether oxygens (including phenoxy) is 1. The van der Waals surface area contributed by atoms with Crippen LogP contribution in [0.1, 0.15) is 38.2 Å². The highest BCUT2D eigenvalue weighted by Crippen LogP contribution is 2.10. The molecule has 0 aliphatic rings. The van der Waals surface area contributed by atoms with Crippen molar-refractivity contribution in [1.82, 2.24) is 16.0 Å². The Labute approximate surface area is 145 Å². The molecule has 1 aromatic carbocycles. The van der Waals surface area contributed by atoms with E-state index in [2.05, 4.69) is 27.9 Å². The van der Waals surface area contributed by atoms with Crippen LogP contribution in [0.3, 0.4) is 0 Å². The Kier molecular flexibility index (Phi) is 10.1. The minimum Gasteiger partial charge on any atom is -0.497 e. The average Bonchev–Trinajstić information content (AvgIpc) is 2.62. The fraction of sp³-hybridized carbons (Fsp3) is 0.556. The molecule has 0 saturated carbocycles. The van der Waals surface area contributed by atoms with Crippen molar-refractivity contribution in [3.8, 4) is 5.75 Å². The summed E-state index contributed by atoms with van der Waals surface area (Å²) in [4.78, 5) is 16.0. The minimum absolute atomic E-state index is 0.0697. The summed E-state index contributed by atoms with van der Waals surface area (Å²) in [5, 5.41) is 9.11. The molecule has 0 bridgehead atoms. The van der Waals surface area contributed by atoms with E-state index in [0.29, 0.717) is 12.5 Å². The number of nitrogens with zero attached hydrogens (tertiary/aromatic N) is 1. The molecule has 0 aliphatic heterocycles. The Morgan fingerprint density at radius 1 is 1.08 bits per heavy atom. The van der Waals surface area contributed by atoms with Crippen LogP contribution >= 0.6 is 0 Å². The Bertz CT molecular complexity index is 500. The van der Waals surface area contributed by atoms with Crippen LogP contribution < -0.4 is 20.7 Å². The lowest BCUT2D eigenvalue weighted by Crippen LogP contribution is -2.43. The van der Waals surface area contributed by atoms with Crippen molar-refractivity contribution in [3.63, 3.8) is 0 Å². The molecule has 0 fully saturated rings. The third-order valence-corrected chi connectivity index (χ3v) is 3.61. The molecule has 3 N–H and O–H groups in total. The van der Waals surface area contributed by atoms with Crippen molar-refractivity contribution in [1.29, 1.82) is 0 Å². The van der Waals surface area contributed by atoms with Gasteiger partial charge in [0.1, 0.15) is 5.75 Å². The number of carbonyl (C=O) groups is 1. The number of hydrogen-bond acceptors (Lipinski definition) is 3. The topological polar surface area (TPSA) is 74.8 Å². The van der Waals surface area contributed by atoms with Gasteiger partial charge in [0.2, 0.25) is 5.91 Å². The zero-order valence-corrected chi connectivity index (χ0v) is 15.0. The molecule has 0 unspecified atom stereocenters. The average molecular weight is 334 g/mol. The SMILES string of the molecule is CCCCCCNC(=NC)NCC(=O)NCc1ccc(OC)cc1. The van der Waals surface area contributed by atoms with E-state index in [1.54, 1.807) is 14.2 Å². The molecule has 24 heavy (non-hydrogen) atoms. The fourth-order valence-electron chi connectivity index (χ4n) is 2.15. The number of nitrogens with one attached hydrogen (secondary N) is 3. The van der Waals surface area contributed by atoms with Crippen LogP contribution in [0.25, 0.3) is 0 Å². The molecule has 0 radical (unpaired) electrons. The molecule has 6 heteroatoms. The predicted octanol–water partition coefficient (Wildman–Crippen LogP) is 2.06. The van der Waals surface area contributed by atoms with Gasteiger partial charge in [-0.2, -0.15) is 0 Å². The summed E-state index contributed by atoms with van der Waals surface area (Å²) in [5.41, 5.74) is 1.03. The molecule has 1 rings (SSSR count). The Morgan fingerprint density at radius 3 is 2.46 bits per heavy atom.